The summed E-state index contributed by atoms with van der Waals surface area (Å²) in [5.74, 6) is 0.0444. The van der Waals surface area contributed by atoms with Crippen molar-refractivity contribution in [3.63, 3.8) is 0 Å². The normalized spacial score (nSPS) is 9.92. The van der Waals surface area contributed by atoms with Crippen molar-refractivity contribution >= 4 is 28.9 Å². The van der Waals surface area contributed by atoms with E-state index in [-0.39, 0.29) is 10.8 Å². The zero-order valence-corrected chi connectivity index (χ0v) is 8.08. The van der Waals surface area contributed by atoms with Crippen LogP contribution >= 0.6 is 23.2 Å². The summed E-state index contributed by atoms with van der Waals surface area (Å²) in [6.07, 6.45) is 0. The molecule has 0 atom stereocenters. The number of benzene rings is 1. The molecule has 4 heteroatoms. The van der Waals surface area contributed by atoms with Crippen molar-refractivity contribution in [1.82, 2.24) is 0 Å². The van der Waals surface area contributed by atoms with Gasteiger partial charge in [-0.05, 0) is 19.1 Å². The van der Waals surface area contributed by atoms with Crippen LogP contribution in [0.1, 0.15) is 6.92 Å². The first-order valence-electron chi connectivity index (χ1n) is 3.57. The maximum atomic E-state index is 9.40. The lowest BCUT2D eigenvalue weighted by molar-refractivity contribution is 0.477. The van der Waals surface area contributed by atoms with Crippen LogP contribution in [0.2, 0.25) is 10.0 Å². The second-order valence-electron chi connectivity index (χ2n) is 2.31. The molecule has 0 aliphatic carbocycles. The molecule has 2 N–H and O–H groups in total. The molecule has 0 saturated carbocycles. The van der Waals surface area contributed by atoms with E-state index in [0.717, 1.165) is 0 Å². The van der Waals surface area contributed by atoms with E-state index in [4.69, 9.17) is 23.2 Å². The summed E-state index contributed by atoms with van der Waals surface area (Å²) >= 11 is 11.4. The van der Waals surface area contributed by atoms with Gasteiger partial charge in [-0.25, -0.2) is 0 Å². The Labute approximate surface area is 81.1 Å². The van der Waals surface area contributed by atoms with Gasteiger partial charge in [0.15, 0.2) is 5.75 Å². The third-order valence-corrected chi connectivity index (χ3v) is 1.90. The lowest BCUT2D eigenvalue weighted by Crippen LogP contribution is -1.96. The highest BCUT2D eigenvalue weighted by Gasteiger charge is 2.05. The number of halogens is 2. The van der Waals surface area contributed by atoms with Crippen LogP contribution in [0.5, 0.6) is 5.75 Å². The predicted molar refractivity (Wildman–Crippen MR) is 52.3 cm³/mol. The Morgan fingerprint density at radius 3 is 2.67 bits per heavy atom. The van der Waals surface area contributed by atoms with Crippen molar-refractivity contribution in [3.8, 4) is 5.75 Å². The minimum absolute atomic E-state index is 0.0444. The highest BCUT2D eigenvalue weighted by molar-refractivity contribution is 6.36. The van der Waals surface area contributed by atoms with Crippen molar-refractivity contribution in [2.24, 2.45) is 0 Å². The first-order chi connectivity index (χ1) is 5.65. The van der Waals surface area contributed by atoms with Crippen LogP contribution in [0.25, 0.3) is 0 Å². The molecule has 66 valence electrons. The lowest BCUT2D eigenvalue weighted by Gasteiger charge is -2.07. The van der Waals surface area contributed by atoms with Gasteiger partial charge in [-0.2, -0.15) is 0 Å². The van der Waals surface area contributed by atoms with Gasteiger partial charge < -0.3 is 10.4 Å². The molecule has 0 bridgehead atoms. The van der Waals surface area contributed by atoms with E-state index in [0.29, 0.717) is 17.3 Å². The Hall–Kier alpha value is -0.600. The topological polar surface area (TPSA) is 32.3 Å². The van der Waals surface area contributed by atoms with Gasteiger partial charge in [0.25, 0.3) is 0 Å². The van der Waals surface area contributed by atoms with Gasteiger partial charge in [-0.1, -0.05) is 23.2 Å². The van der Waals surface area contributed by atoms with Gasteiger partial charge in [0.05, 0.1) is 10.7 Å². The van der Waals surface area contributed by atoms with E-state index in [9.17, 15) is 5.11 Å². The van der Waals surface area contributed by atoms with Crippen LogP contribution in [-0.2, 0) is 0 Å². The fourth-order valence-corrected chi connectivity index (χ4v) is 1.38. The summed E-state index contributed by atoms with van der Waals surface area (Å²) in [6, 6.07) is 3.13. The van der Waals surface area contributed by atoms with Crippen LogP contribution in [0.4, 0.5) is 5.69 Å². The largest absolute Gasteiger partial charge is 0.504 e. The quantitative estimate of drug-likeness (QED) is 0.728. The van der Waals surface area contributed by atoms with Crippen LogP contribution < -0.4 is 5.32 Å². The molecular formula is C8H9Cl2NO. The van der Waals surface area contributed by atoms with Crippen molar-refractivity contribution in [1.29, 1.82) is 0 Å². The standard InChI is InChI=1S/C8H9Cl2NO/c1-2-11-7-4-5(9)3-6(10)8(7)12/h3-4,11-12H,2H2,1H3. The summed E-state index contributed by atoms with van der Waals surface area (Å²) in [5, 5.41) is 13.1. The third kappa shape index (κ3) is 1.96. The molecule has 12 heavy (non-hydrogen) atoms. The molecule has 0 saturated heterocycles. The Bertz CT molecular complexity index is 289. The summed E-state index contributed by atoms with van der Waals surface area (Å²) < 4.78 is 0. The molecule has 0 radical (unpaired) electrons. The fourth-order valence-electron chi connectivity index (χ4n) is 0.891. The summed E-state index contributed by atoms with van der Waals surface area (Å²) in [5.41, 5.74) is 0.565. The Balaban J connectivity index is 3.09. The van der Waals surface area contributed by atoms with E-state index in [2.05, 4.69) is 5.32 Å². The molecule has 0 heterocycles. The van der Waals surface area contributed by atoms with Crippen molar-refractivity contribution in [2.45, 2.75) is 6.92 Å². The molecule has 1 aromatic rings. The summed E-state index contributed by atoms with van der Waals surface area (Å²) in [6.45, 7) is 2.64. The average molecular weight is 206 g/mol. The molecule has 0 amide bonds. The van der Waals surface area contributed by atoms with Gasteiger partial charge in [0.2, 0.25) is 0 Å². The number of hydrogen-bond acceptors (Lipinski definition) is 2. The number of phenols is 1. The maximum Gasteiger partial charge on any atom is 0.157 e. The van der Waals surface area contributed by atoms with Crippen LogP contribution in [-0.4, -0.2) is 11.7 Å². The van der Waals surface area contributed by atoms with Crippen molar-refractivity contribution < 1.29 is 5.11 Å². The zero-order chi connectivity index (χ0) is 9.14. The molecule has 0 spiro atoms. The minimum Gasteiger partial charge on any atom is -0.504 e. The lowest BCUT2D eigenvalue weighted by atomic mass is 10.3. The monoisotopic (exact) mass is 205 g/mol. The van der Waals surface area contributed by atoms with Crippen LogP contribution in [0.15, 0.2) is 12.1 Å². The second kappa shape index (κ2) is 3.87. The molecule has 0 aliphatic rings. The molecule has 0 fully saturated rings. The van der Waals surface area contributed by atoms with E-state index in [1.165, 1.54) is 6.07 Å². The number of rotatable bonds is 2. The Kier molecular flexibility index (Phi) is 3.06. The molecule has 1 aromatic carbocycles. The predicted octanol–water partition coefficient (Wildman–Crippen LogP) is 3.13. The second-order valence-corrected chi connectivity index (χ2v) is 3.16. The highest BCUT2D eigenvalue weighted by Crippen LogP contribution is 2.34. The SMILES string of the molecule is CCNc1cc(Cl)cc(Cl)c1O. The molecular weight excluding hydrogens is 197 g/mol. The van der Waals surface area contributed by atoms with Crippen molar-refractivity contribution in [2.75, 3.05) is 11.9 Å². The molecule has 0 aromatic heterocycles. The first kappa shape index (κ1) is 9.49. The van der Waals surface area contributed by atoms with Gasteiger partial charge in [-0.3, -0.25) is 0 Å². The van der Waals surface area contributed by atoms with Gasteiger partial charge in [-0.15, -0.1) is 0 Å². The Morgan fingerprint density at radius 2 is 2.08 bits per heavy atom. The van der Waals surface area contributed by atoms with Gasteiger partial charge >= 0.3 is 0 Å². The molecule has 1 rings (SSSR count). The number of aromatic hydroxyl groups is 1. The van der Waals surface area contributed by atoms with E-state index in [1.807, 2.05) is 6.92 Å². The zero-order valence-electron chi connectivity index (χ0n) is 6.56. The first-order valence-corrected chi connectivity index (χ1v) is 4.32. The third-order valence-electron chi connectivity index (χ3n) is 1.40. The molecule has 0 unspecified atom stereocenters. The number of phenolic OH excluding ortho intramolecular Hbond substituents is 1. The maximum absolute atomic E-state index is 9.40. The van der Waals surface area contributed by atoms with E-state index >= 15 is 0 Å². The number of hydrogen-bond donors (Lipinski definition) is 2. The molecule has 0 aliphatic heterocycles. The fraction of sp³-hybridized carbons (Fsp3) is 0.250. The summed E-state index contributed by atoms with van der Waals surface area (Å²) in [4.78, 5) is 0. The number of anilines is 1. The van der Waals surface area contributed by atoms with Crippen LogP contribution in [0.3, 0.4) is 0 Å². The Morgan fingerprint density at radius 1 is 1.42 bits per heavy atom. The van der Waals surface area contributed by atoms with E-state index in [1.54, 1.807) is 6.07 Å². The van der Waals surface area contributed by atoms with E-state index < -0.39 is 0 Å². The van der Waals surface area contributed by atoms with Crippen molar-refractivity contribution in [3.05, 3.63) is 22.2 Å². The van der Waals surface area contributed by atoms with Gasteiger partial charge in [0.1, 0.15) is 0 Å². The number of nitrogens with one attached hydrogen (secondary N) is 1. The minimum atomic E-state index is 0.0444. The summed E-state index contributed by atoms with van der Waals surface area (Å²) in [7, 11) is 0. The highest BCUT2D eigenvalue weighted by atomic mass is 35.5. The average Bonchev–Trinajstić information content (AvgIpc) is 2.00. The van der Waals surface area contributed by atoms with Gasteiger partial charge in [0, 0.05) is 11.6 Å². The van der Waals surface area contributed by atoms with Crippen LogP contribution in [0, 0.1) is 0 Å². The molecule has 2 nitrogen and oxygen atoms in total. The smallest absolute Gasteiger partial charge is 0.157 e.